The molecule has 2 bridgehead atoms. The summed E-state index contributed by atoms with van der Waals surface area (Å²) in [6, 6.07) is 1.21. The molecule has 11 heteroatoms. The van der Waals surface area contributed by atoms with Crippen LogP contribution in [0.4, 0.5) is 10.5 Å². The molecule has 0 saturated carbocycles. The first-order chi connectivity index (χ1) is 10.8. The van der Waals surface area contributed by atoms with Crippen LogP contribution in [-0.4, -0.2) is 58.5 Å². The second-order valence-corrected chi connectivity index (χ2v) is 6.24. The third kappa shape index (κ3) is 3.25. The molecule has 3 amide bonds. The van der Waals surface area contributed by atoms with Gasteiger partial charge >= 0.3 is 16.4 Å². The summed E-state index contributed by atoms with van der Waals surface area (Å²) < 4.78 is 34.7. The number of hydroxylamine groups is 2. The van der Waals surface area contributed by atoms with Gasteiger partial charge in [-0.15, -0.1) is 4.28 Å². The summed E-state index contributed by atoms with van der Waals surface area (Å²) in [7, 11) is -4.79. The Morgan fingerprint density at radius 2 is 2.04 bits per heavy atom. The van der Waals surface area contributed by atoms with Crippen molar-refractivity contribution in [3.8, 4) is 0 Å². The number of rotatable bonds is 4. The maximum Gasteiger partial charge on any atom is 0.418 e. The first-order valence-corrected chi connectivity index (χ1v) is 8.19. The molecule has 0 spiro atoms. The zero-order valence-electron chi connectivity index (χ0n) is 11.8. The summed E-state index contributed by atoms with van der Waals surface area (Å²) in [4.78, 5) is 29.6. The van der Waals surface area contributed by atoms with E-state index >= 15 is 0 Å². The van der Waals surface area contributed by atoms with Crippen LogP contribution in [0.25, 0.3) is 0 Å². The fraction of sp³-hybridized carbons (Fsp3) is 0.417. The molecule has 2 unspecified atom stereocenters. The van der Waals surface area contributed by atoms with Crippen LogP contribution >= 0.6 is 0 Å². The summed E-state index contributed by atoms with van der Waals surface area (Å²) in [5.41, 5.74) is 0.546. The average Bonchev–Trinajstić information content (AvgIpc) is 2.72. The van der Waals surface area contributed by atoms with E-state index in [-0.39, 0.29) is 12.5 Å². The van der Waals surface area contributed by atoms with E-state index in [1.807, 2.05) is 0 Å². The van der Waals surface area contributed by atoms with Crippen LogP contribution in [0.5, 0.6) is 0 Å². The number of fused-ring (bicyclic) bond motifs is 2. The molecule has 23 heavy (non-hydrogen) atoms. The third-order valence-electron chi connectivity index (χ3n) is 3.75. The highest BCUT2D eigenvalue weighted by molar-refractivity contribution is 7.80. The number of hydrogen-bond donors (Lipinski definition) is 2. The lowest BCUT2D eigenvalue weighted by molar-refractivity contribution is -0.120. The predicted octanol–water partition coefficient (Wildman–Crippen LogP) is 0.0231. The summed E-state index contributed by atoms with van der Waals surface area (Å²) in [6.45, 7) is 0.156. The van der Waals surface area contributed by atoms with E-state index in [1.54, 1.807) is 12.1 Å². The maximum atomic E-state index is 12.3. The SMILES string of the molecule is O=C(Nc1ccncc1)C1CCC2CN1C(=O)N2OS(=O)(=O)O. The van der Waals surface area contributed by atoms with Gasteiger partial charge in [0.1, 0.15) is 6.04 Å². The van der Waals surface area contributed by atoms with Crippen LogP contribution in [0.3, 0.4) is 0 Å². The Bertz CT molecular complexity index is 724. The summed E-state index contributed by atoms with van der Waals surface area (Å²) >= 11 is 0. The van der Waals surface area contributed by atoms with Crippen molar-refractivity contribution in [1.82, 2.24) is 14.9 Å². The van der Waals surface area contributed by atoms with Gasteiger partial charge in [0.25, 0.3) is 0 Å². The molecule has 2 atom stereocenters. The average molecular weight is 342 g/mol. The van der Waals surface area contributed by atoms with Crippen molar-refractivity contribution >= 4 is 28.0 Å². The first-order valence-electron chi connectivity index (χ1n) is 6.83. The number of anilines is 1. The molecule has 0 aromatic carbocycles. The minimum absolute atomic E-state index is 0.156. The molecule has 2 saturated heterocycles. The molecular formula is C12H14N4O6S. The van der Waals surface area contributed by atoms with Gasteiger partial charge in [0.2, 0.25) is 5.91 Å². The van der Waals surface area contributed by atoms with Crippen molar-refractivity contribution in [3.05, 3.63) is 24.5 Å². The number of carbonyl (C=O) groups is 2. The normalized spacial score (nSPS) is 24.0. The van der Waals surface area contributed by atoms with E-state index in [4.69, 9.17) is 4.55 Å². The van der Waals surface area contributed by atoms with Gasteiger partial charge in [-0.2, -0.15) is 13.5 Å². The number of piperidine rings is 1. The van der Waals surface area contributed by atoms with Crippen molar-refractivity contribution in [2.75, 3.05) is 11.9 Å². The molecule has 2 N–H and O–H groups in total. The Kier molecular flexibility index (Phi) is 3.92. The van der Waals surface area contributed by atoms with Crippen LogP contribution in [0.2, 0.25) is 0 Å². The lowest BCUT2D eigenvalue weighted by Crippen LogP contribution is -2.47. The lowest BCUT2D eigenvalue weighted by Gasteiger charge is -2.29. The number of hydrogen-bond acceptors (Lipinski definition) is 6. The highest BCUT2D eigenvalue weighted by Gasteiger charge is 2.49. The Hall–Kier alpha value is -2.24. The minimum Gasteiger partial charge on any atom is -0.324 e. The molecule has 2 aliphatic rings. The highest BCUT2D eigenvalue weighted by atomic mass is 32.3. The summed E-state index contributed by atoms with van der Waals surface area (Å²) in [5.74, 6) is -0.378. The zero-order valence-corrected chi connectivity index (χ0v) is 12.6. The Labute approximate surface area is 131 Å². The second kappa shape index (κ2) is 5.76. The van der Waals surface area contributed by atoms with Gasteiger partial charge in [0.15, 0.2) is 0 Å². The van der Waals surface area contributed by atoms with Crippen LogP contribution < -0.4 is 5.32 Å². The van der Waals surface area contributed by atoms with E-state index < -0.39 is 28.5 Å². The number of urea groups is 1. The molecule has 0 radical (unpaired) electrons. The molecule has 1 aromatic heterocycles. The van der Waals surface area contributed by atoms with Crippen molar-refractivity contribution in [2.45, 2.75) is 24.9 Å². The fourth-order valence-electron chi connectivity index (χ4n) is 2.76. The largest absolute Gasteiger partial charge is 0.418 e. The molecule has 10 nitrogen and oxygen atoms in total. The smallest absolute Gasteiger partial charge is 0.324 e. The van der Waals surface area contributed by atoms with Crippen LogP contribution in [0, 0.1) is 0 Å². The number of aromatic nitrogens is 1. The van der Waals surface area contributed by atoms with Crippen molar-refractivity contribution in [1.29, 1.82) is 0 Å². The van der Waals surface area contributed by atoms with E-state index in [9.17, 15) is 18.0 Å². The van der Waals surface area contributed by atoms with E-state index in [1.165, 1.54) is 17.3 Å². The third-order valence-corrected chi connectivity index (χ3v) is 4.10. The summed E-state index contributed by atoms with van der Waals surface area (Å²) in [6.07, 6.45) is 3.79. The minimum atomic E-state index is -4.79. The van der Waals surface area contributed by atoms with Gasteiger partial charge in [-0.25, -0.2) is 4.79 Å². The molecule has 2 aliphatic heterocycles. The Balaban J connectivity index is 1.72. The number of nitrogens with zero attached hydrogens (tertiary/aromatic N) is 3. The van der Waals surface area contributed by atoms with Crippen LogP contribution in [0.15, 0.2) is 24.5 Å². The molecule has 0 aliphatic carbocycles. The lowest BCUT2D eigenvalue weighted by atomic mass is 10.0. The molecule has 2 fully saturated rings. The van der Waals surface area contributed by atoms with Crippen molar-refractivity contribution < 1.29 is 26.8 Å². The second-order valence-electron chi connectivity index (χ2n) is 5.24. The quantitative estimate of drug-likeness (QED) is 0.738. The fourth-order valence-corrected chi connectivity index (χ4v) is 3.15. The zero-order chi connectivity index (χ0) is 16.6. The van der Waals surface area contributed by atoms with Crippen molar-refractivity contribution in [3.63, 3.8) is 0 Å². The standard InChI is InChI=1S/C12H14N4O6S/c17-11(14-8-3-5-13-6-4-8)10-2-1-9-7-15(10)12(18)16(9)22-23(19,20)21/h3-6,9-10H,1-2,7H2,(H,13,14,17)(H,19,20,21). The number of pyridine rings is 1. The van der Waals surface area contributed by atoms with Gasteiger partial charge in [-0.05, 0) is 25.0 Å². The van der Waals surface area contributed by atoms with Crippen LogP contribution in [0.1, 0.15) is 12.8 Å². The van der Waals surface area contributed by atoms with Gasteiger partial charge in [0.05, 0.1) is 6.04 Å². The number of carbonyl (C=O) groups excluding carboxylic acids is 2. The highest BCUT2D eigenvalue weighted by Crippen LogP contribution is 2.31. The Morgan fingerprint density at radius 1 is 1.35 bits per heavy atom. The topological polar surface area (TPSA) is 129 Å². The number of amides is 3. The molecule has 3 heterocycles. The van der Waals surface area contributed by atoms with Gasteiger partial charge in [0, 0.05) is 24.6 Å². The van der Waals surface area contributed by atoms with Crippen LogP contribution in [-0.2, 0) is 19.5 Å². The van der Waals surface area contributed by atoms with Crippen molar-refractivity contribution in [2.24, 2.45) is 0 Å². The van der Waals surface area contributed by atoms with Gasteiger partial charge < -0.3 is 10.2 Å². The molecule has 1 aromatic rings. The number of nitrogens with one attached hydrogen (secondary N) is 1. The molecule has 3 rings (SSSR count). The van der Waals surface area contributed by atoms with Gasteiger partial charge in [-0.1, -0.05) is 0 Å². The predicted molar refractivity (Wildman–Crippen MR) is 76.3 cm³/mol. The van der Waals surface area contributed by atoms with Gasteiger partial charge in [-0.3, -0.25) is 14.3 Å². The first kappa shape index (κ1) is 15.6. The van der Waals surface area contributed by atoms with E-state index in [2.05, 4.69) is 14.6 Å². The monoisotopic (exact) mass is 342 g/mol. The maximum absolute atomic E-state index is 12.3. The van der Waals surface area contributed by atoms with E-state index in [0.29, 0.717) is 23.6 Å². The van der Waals surface area contributed by atoms with E-state index in [0.717, 1.165) is 0 Å². The Morgan fingerprint density at radius 3 is 2.70 bits per heavy atom. The molecule has 124 valence electrons. The molecular weight excluding hydrogens is 328 g/mol. The summed E-state index contributed by atoms with van der Waals surface area (Å²) in [5, 5.41) is 3.28.